The van der Waals surface area contributed by atoms with E-state index in [-0.39, 0.29) is 0 Å². The zero-order valence-corrected chi connectivity index (χ0v) is 18.2. The fraction of sp³-hybridized carbons (Fsp3) is 0.241. The van der Waals surface area contributed by atoms with Crippen LogP contribution in [0.5, 0.6) is 0 Å². The summed E-state index contributed by atoms with van der Waals surface area (Å²) < 4.78 is 26.6. The summed E-state index contributed by atoms with van der Waals surface area (Å²) in [6.45, 7) is 8.83. The first-order valence-electron chi connectivity index (χ1n) is 11.0. The van der Waals surface area contributed by atoms with Gasteiger partial charge in [-0.1, -0.05) is 75.0 Å². The van der Waals surface area contributed by atoms with Crippen molar-refractivity contribution in [2.45, 2.75) is 45.4 Å². The second-order valence-corrected chi connectivity index (χ2v) is 8.54. The van der Waals surface area contributed by atoms with Crippen LogP contribution in [0.3, 0.4) is 0 Å². The normalized spacial score (nSPS) is 15.4. The molecule has 4 rings (SSSR count). The van der Waals surface area contributed by atoms with Gasteiger partial charge in [0.2, 0.25) is 0 Å². The van der Waals surface area contributed by atoms with E-state index < -0.39 is 11.6 Å². The van der Waals surface area contributed by atoms with Crippen LogP contribution in [-0.2, 0) is 19.3 Å². The third kappa shape index (κ3) is 4.69. The molecule has 0 bridgehead atoms. The molecule has 0 saturated carbocycles. The SMILES string of the molecule is C=C1/C(=C/c2ccc(C(C)CC)cc2)Cc2ccc(CCc3ccc(F)c(F)c3)cc21. The van der Waals surface area contributed by atoms with Crippen LogP contribution in [0.25, 0.3) is 11.6 Å². The molecule has 158 valence electrons. The number of aryl methyl sites for hydroxylation is 2. The number of hydrogen-bond acceptors (Lipinski definition) is 0. The van der Waals surface area contributed by atoms with Gasteiger partial charge in [0.25, 0.3) is 0 Å². The lowest BCUT2D eigenvalue weighted by Crippen LogP contribution is -1.95. The van der Waals surface area contributed by atoms with Crippen LogP contribution in [0.15, 0.2) is 72.8 Å². The Kier molecular flexibility index (Phi) is 6.18. The Hall–Kier alpha value is -3.00. The van der Waals surface area contributed by atoms with E-state index in [0.717, 1.165) is 30.4 Å². The van der Waals surface area contributed by atoms with Crippen molar-refractivity contribution < 1.29 is 8.78 Å². The zero-order chi connectivity index (χ0) is 22.0. The molecule has 31 heavy (non-hydrogen) atoms. The number of fused-ring (bicyclic) bond motifs is 1. The third-order valence-corrected chi connectivity index (χ3v) is 6.41. The van der Waals surface area contributed by atoms with E-state index in [0.29, 0.717) is 12.3 Å². The average Bonchev–Trinajstić information content (AvgIpc) is 3.09. The van der Waals surface area contributed by atoms with E-state index in [4.69, 9.17) is 0 Å². The lowest BCUT2D eigenvalue weighted by Gasteiger charge is -2.09. The summed E-state index contributed by atoms with van der Waals surface area (Å²) in [4.78, 5) is 0. The van der Waals surface area contributed by atoms with Crippen LogP contribution in [0.2, 0.25) is 0 Å². The first-order valence-corrected chi connectivity index (χ1v) is 11.0. The Morgan fingerprint density at radius 3 is 2.26 bits per heavy atom. The van der Waals surface area contributed by atoms with Gasteiger partial charge < -0.3 is 0 Å². The molecular formula is C29H28F2. The molecule has 0 fully saturated rings. The van der Waals surface area contributed by atoms with Crippen molar-refractivity contribution in [2.24, 2.45) is 0 Å². The fourth-order valence-electron chi connectivity index (χ4n) is 4.18. The molecular weight excluding hydrogens is 386 g/mol. The van der Waals surface area contributed by atoms with Gasteiger partial charge in [0.1, 0.15) is 0 Å². The van der Waals surface area contributed by atoms with E-state index >= 15 is 0 Å². The summed E-state index contributed by atoms with van der Waals surface area (Å²) in [6, 6.07) is 19.5. The van der Waals surface area contributed by atoms with Crippen molar-refractivity contribution in [1.82, 2.24) is 0 Å². The Balaban J connectivity index is 1.47. The molecule has 0 saturated heterocycles. The molecule has 0 heterocycles. The van der Waals surface area contributed by atoms with E-state index in [1.807, 2.05) is 0 Å². The van der Waals surface area contributed by atoms with Crippen LogP contribution in [0.4, 0.5) is 8.78 Å². The van der Waals surface area contributed by atoms with Crippen LogP contribution in [-0.4, -0.2) is 0 Å². The van der Waals surface area contributed by atoms with Crippen LogP contribution in [0.1, 0.15) is 59.6 Å². The molecule has 0 N–H and O–H groups in total. The molecule has 1 aliphatic carbocycles. The summed E-state index contributed by atoms with van der Waals surface area (Å²) in [5.74, 6) is -1.00. The maximum absolute atomic E-state index is 13.4. The minimum Gasteiger partial charge on any atom is -0.204 e. The minimum absolute atomic E-state index is 0.581. The molecule has 0 nitrogen and oxygen atoms in total. The van der Waals surface area contributed by atoms with Crippen molar-refractivity contribution in [2.75, 3.05) is 0 Å². The van der Waals surface area contributed by atoms with Crippen LogP contribution < -0.4 is 0 Å². The fourth-order valence-corrected chi connectivity index (χ4v) is 4.18. The summed E-state index contributed by atoms with van der Waals surface area (Å²) in [7, 11) is 0. The third-order valence-electron chi connectivity index (χ3n) is 6.41. The summed E-state index contributed by atoms with van der Waals surface area (Å²) >= 11 is 0. The Labute approximate surface area is 184 Å². The summed E-state index contributed by atoms with van der Waals surface area (Å²) in [5, 5.41) is 0. The van der Waals surface area contributed by atoms with Gasteiger partial charge in [-0.05, 0) is 88.3 Å². The topological polar surface area (TPSA) is 0 Å². The van der Waals surface area contributed by atoms with Crippen LogP contribution >= 0.6 is 0 Å². The van der Waals surface area contributed by atoms with E-state index in [9.17, 15) is 8.78 Å². The molecule has 0 amide bonds. The van der Waals surface area contributed by atoms with Crippen molar-refractivity contribution in [1.29, 1.82) is 0 Å². The highest BCUT2D eigenvalue weighted by Crippen LogP contribution is 2.37. The first kappa shape index (κ1) is 21.2. The molecule has 3 aromatic rings. The van der Waals surface area contributed by atoms with Gasteiger partial charge in [-0.25, -0.2) is 8.78 Å². The van der Waals surface area contributed by atoms with Crippen LogP contribution in [0, 0.1) is 11.6 Å². The molecule has 0 spiro atoms. The van der Waals surface area contributed by atoms with E-state index in [2.05, 4.69) is 69.0 Å². The quantitative estimate of drug-likeness (QED) is 0.384. The molecule has 3 aromatic carbocycles. The lowest BCUT2D eigenvalue weighted by molar-refractivity contribution is 0.507. The minimum atomic E-state index is -0.800. The van der Waals surface area contributed by atoms with Gasteiger partial charge in [-0.15, -0.1) is 0 Å². The molecule has 1 unspecified atom stereocenters. The molecule has 1 atom stereocenters. The van der Waals surface area contributed by atoms with Gasteiger partial charge in [0.15, 0.2) is 11.6 Å². The van der Waals surface area contributed by atoms with E-state index in [1.165, 1.54) is 45.5 Å². The predicted molar refractivity (Wildman–Crippen MR) is 126 cm³/mol. The van der Waals surface area contributed by atoms with Crippen molar-refractivity contribution >= 4 is 11.6 Å². The maximum Gasteiger partial charge on any atom is 0.159 e. The first-order chi connectivity index (χ1) is 14.9. The smallest absolute Gasteiger partial charge is 0.159 e. The second-order valence-electron chi connectivity index (χ2n) is 8.54. The zero-order valence-electron chi connectivity index (χ0n) is 18.2. The number of benzene rings is 3. The monoisotopic (exact) mass is 414 g/mol. The predicted octanol–water partition coefficient (Wildman–Crippen LogP) is 7.92. The van der Waals surface area contributed by atoms with Crippen molar-refractivity contribution in [3.8, 4) is 0 Å². The number of allylic oxidation sites excluding steroid dienone is 2. The highest BCUT2D eigenvalue weighted by atomic mass is 19.2. The summed E-state index contributed by atoms with van der Waals surface area (Å²) in [5.41, 5.74) is 9.40. The number of rotatable bonds is 6. The second kappa shape index (κ2) is 9.01. The maximum atomic E-state index is 13.4. The molecule has 0 radical (unpaired) electrons. The largest absolute Gasteiger partial charge is 0.204 e. The highest BCUT2D eigenvalue weighted by molar-refractivity contribution is 5.89. The molecule has 0 aliphatic heterocycles. The molecule has 2 heteroatoms. The van der Waals surface area contributed by atoms with Gasteiger partial charge in [0, 0.05) is 0 Å². The standard InChI is InChI=1S/C29H28F2/c1-4-19(2)24-11-7-21(8-12-24)15-26-18-25-13-9-22(16-27(25)20(26)3)5-6-23-10-14-28(30)29(31)17-23/h7-17,19H,3-6,18H2,1-2H3/b26-15+. The van der Waals surface area contributed by atoms with Crippen molar-refractivity contribution in [3.05, 3.63) is 118 Å². The van der Waals surface area contributed by atoms with Gasteiger partial charge in [0.05, 0.1) is 0 Å². The number of halogens is 2. The van der Waals surface area contributed by atoms with Gasteiger partial charge in [-0.2, -0.15) is 0 Å². The highest BCUT2D eigenvalue weighted by Gasteiger charge is 2.20. The summed E-state index contributed by atoms with van der Waals surface area (Å²) in [6.07, 6.45) is 5.73. The average molecular weight is 415 g/mol. The number of hydrogen-bond donors (Lipinski definition) is 0. The Bertz CT molecular complexity index is 1140. The Morgan fingerprint density at radius 1 is 0.903 bits per heavy atom. The van der Waals surface area contributed by atoms with Gasteiger partial charge >= 0.3 is 0 Å². The van der Waals surface area contributed by atoms with E-state index in [1.54, 1.807) is 6.07 Å². The van der Waals surface area contributed by atoms with Crippen molar-refractivity contribution in [3.63, 3.8) is 0 Å². The Morgan fingerprint density at radius 2 is 1.58 bits per heavy atom. The lowest BCUT2D eigenvalue weighted by atomic mass is 9.96. The van der Waals surface area contributed by atoms with Gasteiger partial charge in [-0.3, -0.25) is 0 Å². The molecule has 0 aromatic heterocycles. The molecule has 1 aliphatic rings.